The van der Waals surface area contributed by atoms with Gasteiger partial charge in [0.1, 0.15) is 12.1 Å². The summed E-state index contributed by atoms with van der Waals surface area (Å²) in [6.07, 6.45) is 0.524. The lowest BCUT2D eigenvalue weighted by atomic mass is 10.2. The zero-order chi connectivity index (χ0) is 12.3. The van der Waals surface area contributed by atoms with Crippen LogP contribution in [0.4, 0.5) is 8.78 Å². The van der Waals surface area contributed by atoms with E-state index in [0.29, 0.717) is 11.6 Å². The molecule has 17 heavy (non-hydrogen) atoms. The second-order valence-corrected chi connectivity index (χ2v) is 3.48. The van der Waals surface area contributed by atoms with E-state index in [1.54, 1.807) is 6.20 Å². The van der Waals surface area contributed by atoms with Crippen LogP contribution in [0.5, 0.6) is 11.6 Å². The summed E-state index contributed by atoms with van der Waals surface area (Å²) in [5.41, 5.74) is 0.752. The van der Waals surface area contributed by atoms with Crippen molar-refractivity contribution in [2.75, 3.05) is 0 Å². The molecule has 0 aliphatic heterocycles. The highest BCUT2D eigenvalue weighted by molar-refractivity contribution is 5.32. The monoisotopic (exact) mass is 236 g/mol. The van der Waals surface area contributed by atoms with Crippen LogP contribution in [-0.4, -0.2) is 9.97 Å². The molecule has 0 amide bonds. The fourth-order valence-corrected chi connectivity index (χ4v) is 1.29. The van der Waals surface area contributed by atoms with E-state index in [0.717, 1.165) is 5.56 Å². The molecule has 5 heteroatoms. The van der Waals surface area contributed by atoms with Crippen LogP contribution in [0.15, 0.2) is 36.8 Å². The molecule has 1 heterocycles. The van der Waals surface area contributed by atoms with Crippen LogP contribution in [0.3, 0.4) is 0 Å². The molecule has 0 spiro atoms. The van der Waals surface area contributed by atoms with Crippen molar-refractivity contribution in [1.82, 2.24) is 9.97 Å². The molecule has 2 aromatic rings. The highest BCUT2D eigenvalue weighted by Crippen LogP contribution is 2.25. The van der Waals surface area contributed by atoms with E-state index in [1.807, 2.05) is 6.92 Å². The second-order valence-electron chi connectivity index (χ2n) is 3.48. The Hall–Kier alpha value is -2.04. The van der Waals surface area contributed by atoms with Crippen molar-refractivity contribution in [2.45, 2.75) is 13.3 Å². The van der Waals surface area contributed by atoms with Gasteiger partial charge in [0.15, 0.2) is 0 Å². The summed E-state index contributed by atoms with van der Waals surface area (Å²) in [5, 5.41) is 0. The first kappa shape index (κ1) is 11.4. The number of hydrogen-bond acceptors (Lipinski definition) is 3. The molecule has 1 aromatic carbocycles. The Morgan fingerprint density at radius 2 is 1.88 bits per heavy atom. The number of hydrogen-bond donors (Lipinski definition) is 0. The first-order valence-electron chi connectivity index (χ1n) is 4.99. The normalized spacial score (nSPS) is 10.6. The van der Waals surface area contributed by atoms with Gasteiger partial charge in [0.05, 0.1) is 0 Å². The van der Waals surface area contributed by atoms with Crippen LogP contribution in [0.25, 0.3) is 0 Å². The van der Waals surface area contributed by atoms with E-state index in [1.165, 1.54) is 30.6 Å². The molecule has 0 saturated heterocycles. The Bertz CT molecular complexity index is 500. The highest BCUT2D eigenvalue weighted by atomic mass is 19.3. The molecule has 0 aliphatic carbocycles. The van der Waals surface area contributed by atoms with Gasteiger partial charge in [-0.05, 0) is 31.2 Å². The minimum atomic E-state index is -2.47. The van der Waals surface area contributed by atoms with Gasteiger partial charge >= 0.3 is 0 Å². The fourth-order valence-electron chi connectivity index (χ4n) is 1.29. The Kier molecular flexibility index (Phi) is 3.27. The molecule has 0 aliphatic rings. The lowest BCUT2D eigenvalue weighted by Gasteiger charge is -2.07. The van der Waals surface area contributed by atoms with Gasteiger partial charge in [0.2, 0.25) is 5.88 Å². The Morgan fingerprint density at radius 1 is 1.18 bits per heavy atom. The van der Waals surface area contributed by atoms with Gasteiger partial charge in [-0.25, -0.2) is 18.7 Å². The molecule has 0 bridgehead atoms. The van der Waals surface area contributed by atoms with Crippen molar-refractivity contribution < 1.29 is 13.5 Å². The summed E-state index contributed by atoms with van der Waals surface area (Å²) < 4.78 is 30.1. The first-order chi connectivity index (χ1) is 8.16. The maximum absolute atomic E-state index is 12.3. The predicted octanol–water partition coefficient (Wildman–Crippen LogP) is 3.51. The van der Waals surface area contributed by atoms with Gasteiger partial charge in [0.25, 0.3) is 6.43 Å². The van der Waals surface area contributed by atoms with Crippen LogP contribution >= 0.6 is 0 Å². The maximum Gasteiger partial charge on any atom is 0.263 e. The van der Waals surface area contributed by atoms with Crippen molar-refractivity contribution in [3.8, 4) is 11.6 Å². The number of aryl methyl sites for hydroxylation is 1. The van der Waals surface area contributed by atoms with E-state index < -0.39 is 6.43 Å². The zero-order valence-corrected chi connectivity index (χ0v) is 9.10. The van der Waals surface area contributed by atoms with Crippen LogP contribution in [0.1, 0.15) is 17.6 Å². The van der Waals surface area contributed by atoms with Gasteiger partial charge in [-0.1, -0.05) is 0 Å². The molecule has 0 saturated carbocycles. The van der Waals surface area contributed by atoms with Crippen LogP contribution < -0.4 is 4.74 Å². The molecule has 3 nitrogen and oxygen atoms in total. The minimum absolute atomic E-state index is 0.0308. The Balaban J connectivity index is 2.17. The van der Waals surface area contributed by atoms with E-state index in [-0.39, 0.29) is 5.56 Å². The molecule has 1 aromatic heterocycles. The lowest BCUT2D eigenvalue weighted by Crippen LogP contribution is -1.92. The number of halogens is 2. The van der Waals surface area contributed by atoms with Crippen molar-refractivity contribution in [3.05, 3.63) is 47.9 Å². The number of nitrogens with zero attached hydrogens (tertiary/aromatic N) is 2. The average molecular weight is 236 g/mol. The number of benzene rings is 1. The SMILES string of the molecule is Cc1cncnc1Oc1ccc(C(F)F)cc1. The van der Waals surface area contributed by atoms with Gasteiger partial charge in [-0.15, -0.1) is 0 Å². The van der Waals surface area contributed by atoms with Crippen molar-refractivity contribution in [3.63, 3.8) is 0 Å². The van der Waals surface area contributed by atoms with E-state index in [2.05, 4.69) is 9.97 Å². The third-order valence-corrected chi connectivity index (χ3v) is 2.19. The minimum Gasteiger partial charge on any atom is -0.439 e. The lowest BCUT2D eigenvalue weighted by molar-refractivity contribution is 0.151. The molecule has 0 unspecified atom stereocenters. The standard InChI is InChI=1S/C12H10F2N2O/c1-8-6-15-7-16-12(8)17-10-4-2-9(3-5-10)11(13)14/h2-7,11H,1H3. The van der Waals surface area contributed by atoms with Gasteiger partial charge in [0, 0.05) is 17.3 Å². The van der Waals surface area contributed by atoms with Crippen molar-refractivity contribution in [2.24, 2.45) is 0 Å². The van der Waals surface area contributed by atoms with Crippen molar-refractivity contribution in [1.29, 1.82) is 0 Å². The number of rotatable bonds is 3. The Labute approximate surface area is 97.1 Å². The third-order valence-electron chi connectivity index (χ3n) is 2.19. The average Bonchev–Trinajstić information content (AvgIpc) is 2.33. The number of ether oxygens (including phenoxy) is 1. The van der Waals surface area contributed by atoms with Crippen LogP contribution in [0, 0.1) is 6.92 Å². The van der Waals surface area contributed by atoms with Crippen molar-refractivity contribution >= 4 is 0 Å². The summed E-state index contributed by atoms with van der Waals surface area (Å²) in [7, 11) is 0. The maximum atomic E-state index is 12.3. The van der Waals surface area contributed by atoms with E-state index >= 15 is 0 Å². The third kappa shape index (κ3) is 2.75. The highest BCUT2D eigenvalue weighted by Gasteiger charge is 2.07. The zero-order valence-electron chi connectivity index (χ0n) is 9.10. The van der Waals surface area contributed by atoms with Gasteiger partial charge in [-0.3, -0.25) is 0 Å². The molecular formula is C12H10F2N2O. The quantitative estimate of drug-likeness (QED) is 0.817. The summed E-state index contributed by atoms with van der Waals surface area (Å²) in [6, 6.07) is 5.64. The molecule has 88 valence electrons. The summed E-state index contributed by atoms with van der Waals surface area (Å²) in [4.78, 5) is 7.78. The molecular weight excluding hydrogens is 226 g/mol. The Morgan fingerprint density at radius 3 is 2.47 bits per heavy atom. The molecule has 0 atom stereocenters. The fraction of sp³-hybridized carbons (Fsp3) is 0.167. The smallest absolute Gasteiger partial charge is 0.263 e. The largest absolute Gasteiger partial charge is 0.439 e. The number of aromatic nitrogens is 2. The van der Waals surface area contributed by atoms with Gasteiger partial charge < -0.3 is 4.74 Å². The second kappa shape index (κ2) is 4.86. The molecule has 2 rings (SSSR count). The molecule has 0 fully saturated rings. The van der Waals surface area contributed by atoms with E-state index in [9.17, 15) is 8.78 Å². The van der Waals surface area contributed by atoms with Crippen LogP contribution in [-0.2, 0) is 0 Å². The summed E-state index contributed by atoms with van der Waals surface area (Å²) >= 11 is 0. The first-order valence-corrected chi connectivity index (χ1v) is 4.99. The predicted molar refractivity (Wildman–Crippen MR) is 58.2 cm³/mol. The molecule has 0 N–H and O–H groups in total. The summed E-state index contributed by atoms with van der Waals surface area (Å²) in [6.45, 7) is 1.81. The molecule has 0 radical (unpaired) electrons. The van der Waals surface area contributed by atoms with E-state index in [4.69, 9.17) is 4.74 Å². The van der Waals surface area contributed by atoms with Crippen LogP contribution in [0.2, 0.25) is 0 Å². The topological polar surface area (TPSA) is 35.0 Å². The number of alkyl halides is 2. The van der Waals surface area contributed by atoms with Gasteiger partial charge in [-0.2, -0.15) is 0 Å². The summed E-state index contributed by atoms with van der Waals surface area (Å²) in [5.74, 6) is 0.890.